The van der Waals surface area contributed by atoms with Crippen LogP contribution in [0.15, 0.2) is 47.9 Å². The van der Waals surface area contributed by atoms with Crippen molar-refractivity contribution in [3.63, 3.8) is 0 Å². The van der Waals surface area contributed by atoms with Gasteiger partial charge in [-0.3, -0.25) is 9.69 Å². The molecule has 1 aromatic carbocycles. The summed E-state index contributed by atoms with van der Waals surface area (Å²) in [5, 5.41) is 3.90. The number of ether oxygens (including phenoxy) is 1. The first-order valence-electron chi connectivity index (χ1n) is 10.6. The molecule has 1 aliphatic carbocycles. The van der Waals surface area contributed by atoms with Crippen LogP contribution in [-0.2, 0) is 21.8 Å². The number of carbonyl (C=O) groups is 1. The van der Waals surface area contributed by atoms with Crippen LogP contribution in [0.5, 0.6) is 0 Å². The predicted molar refractivity (Wildman–Crippen MR) is 118 cm³/mol. The average molecular weight is 427 g/mol. The van der Waals surface area contributed by atoms with E-state index in [1.165, 1.54) is 5.56 Å². The number of hydrogen-bond acceptors (Lipinski definition) is 6. The van der Waals surface area contributed by atoms with Gasteiger partial charge in [-0.15, -0.1) is 0 Å². The first-order chi connectivity index (χ1) is 14.6. The summed E-state index contributed by atoms with van der Waals surface area (Å²) in [6.45, 7) is 4.59. The lowest BCUT2D eigenvalue weighted by molar-refractivity contribution is -0.121. The lowest BCUT2D eigenvalue weighted by Gasteiger charge is -2.37. The summed E-state index contributed by atoms with van der Waals surface area (Å²) >= 11 is 1.66. The third-order valence-electron chi connectivity index (χ3n) is 6.18. The third kappa shape index (κ3) is 5.39. The van der Waals surface area contributed by atoms with Gasteiger partial charge in [-0.05, 0) is 30.2 Å². The summed E-state index contributed by atoms with van der Waals surface area (Å²) in [4.78, 5) is 23.1. The van der Waals surface area contributed by atoms with Crippen molar-refractivity contribution in [3.05, 3.63) is 53.9 Å². The fourth-order valence-corrected chi connectivity index (χ4v) is 5.54. The summed E-state index contributed by atoms with van der Waals surface area (Å²) < 4.78 is 5.68. The Morgan fingerprint density at radius 2 is 1.83 bits per heavy atom. The number of benzene rings is 1. The third-order valence-corrected chi connectivity index (χ3v) is 7.13. The Morgan fingerprint density at radius 3 is 2.50 bits per heavy atom. The highest BCUT2D eigenvalue weighted by Gasteiger charge is 2.42. The van der Waals surface area contributed by atoms with Crippen LogP contribution in [0, 0.1) is 11.8 Å². The lowest BCUT2D eigenvalue weighted by Crippen LogP contribution is -2.49. The van der Waals surface area contributed by atoms with Gasteiger partial charge in [0, 0.05) is 57.4 Å². The van der Waals surface area contributed by atoms with Gasteiger partial charge < -0.3 is 10.1 Å². The molecule has 0 bridgehead atoms. The number of methoxy groups -OCH3 is 1. The second kappa shape index (κ2) is 9.90. The van der Waals surface area contributed by atoms with Gasteiger partial charge in [0.2, 0.25) is 5.91 Å². The molecule has 4 atom stereocenters. The van der Waals surface area contributed by atoms with E-state index in [-0.39, 0.29) is 18.1 Å². The molecule has 160 valence electrons. The van der Waals surface area contributed by atoms with Gasteiger partial charge >= 0.3 is 0 Å². The molecule has 0 spiro atoms. The van der Waals surface area contributed by atoms with Gasteiger partial charge in [0.05, 0.1) is 12.1 Å². The van der Waals surface area contributed by atoms with Gasteiger partial charge in [-0.2, -0.15) is 0 Å². The van der Waals surface area contributed by atoms with Gasteiger partial charge in [0.25, 0.3) is 0 Å². The second-order valence-electron chi connectivity index (χ2n) is 8.41. The Morgan fingerprint density at radius 1 is 1.13 bits per heavy atom. The van der Waals surface area contributed by atoms with Crippen LogP contribution in [0.3, 0.4) is 0 Å². The van der Waals surface area contributed by atoms with E-state index in [1.807, 2.05) is 18.5 Å². The molecule has 1 aliphatic heterocycles. The number of amides is 1. The van der Waals surface area contributed by atoms with E-state index in [1.54, 1.807) is 25.8 Å². The van der Waals surface area contributed by atoms with Crippen LogP contribution < -0.4 is 5.32 Å². The quantitative estimate of drug-likeness (QED) is 0.542. The number of aromatic nitrogens is 2. The number of carbonyl (C=O) groups excluding carboxylic acids is 1. The Labute approximate surface area is 182 Å². The molecule has 30 heavy (non-hydrogen) atoms. The van der Waals surface area contributed by atoms with E-state index >= 15 is 0 Å². The Hall–Kier alpha value is -1.96. The monoisotopic (exact) mass is 426 g/mol. The number of nitrogens with one attached hydrogen (secondary N) is 1. The zero-order valence-corrected chi connectivity index (χ0v) is 18.5. The van der Waals surface area contributed by atoms with Crippen LogP contribution in [0.4, 0.5) is 0 Å². The van der Waals surface area contributed by atoms with Gasteiger partial charge in [0.1, 0.15) is 0 Å². The number of hydrogen-bond donors (Lipinski definition) is 1. The van der Waals surface area contributed by atoms with Crippen LogP contribution in [0.2, 0.25) is 0 Å². The van der Waals surface area contributed by atoms with Gasteiger partial charge in [-0.1, -0.05) is 42.1 Å². The molecule has 0 radical (unpaired) electrons. The molecule has 2 fully saturated rings. The second-order valence-corrected chi connectivity index (χ2v) is 9.36. The maximum absolute atomic E-state index is 11.5. The van der Waals surface area contributed by atoms with Crippen molar-refractivity contribution in [3.8, 4) is 0 Å². The first-order valence-corrected chi connectivity index (χ1v) is 11.6. The summed E-state index contributed by atoms with van der Waals surface area (Å²) in [6, 6.07) is 10.5. The largest absolute Gasteiger partial charge is 0.379 e. The van der Waals surface area contributed by atoms with Crippen molar-refractivity contribution in [1.29, 1.82) is 0 Å². The van der Waals surface area contributed by atoms with E-state index < -0.39 is 0 Å². The topological polar surface area (TPSA) is 67.3 Å². The fraction of sp³-hybridized carbons (Fsp3) is 0.522. The molecule has 2 aliphatic rings. The SMILES string of the molecule is CO[C@@H]1C[C@H]2CN(Cc3cnc(SCc4ccccc4)nc3)C[C@H]2C[C@H]1NC(C)=O. The normalized spacial score (nSPS) is 26.3. The van der Waals surface area contributed by atoms with Gasteiger partial charge in [-0.25, -0.2) is 9.97 Å². The molecule has 2 aromatic rings. The van der Waals surface area contributed by atoms with E-state index in [9.17, 15) is 4.79 Å². The van der Waals surface area contributed by atoms with Crippen LogP contribution in [0.25, 0.3) is 0 Å². The first kappa shape index (κ1) is 21.3. The van der Waals surface area contributed by atoms with Crippen molar-refractivity contribution in [2.75, 3.05) is 20.2 Å². The number of fused-ring (bicyclic) bond motifs is 1. The number of likely N-dealkylation sites (tertiary alicyclic amines) is 1. The zero-order chi connectivity index (χ0) is 20.9. The van der Waals surface area contributed by atoms with Crippen LogP contribution >= 0.6 is 11.8 Å². The highest BCUT2D eigenvalue weighted by Crippen LogP contribution is 2.38. The number of rotatable bonds is 7. The molecule has 1 amide bonds. The van der Waals surface area contributed by atoms with Crippen LogP contribution in [0.1, 0.15) is 30.9 Å². The maximum Gasteiger partial charge on any atom is 0.217 e. The molecule has 4 rings (SSSR count). The minimum absolute atomic E-state index is 0.0257. The molecule has 1 aromatic heterocycles. The van der Waals surface area contributed by atoms with E-state index in [2.05, 4.69) is 44.5 Å². The lowest BCUT2D eigenvalue weighted by atomic mass is 9.77. The average Bonchev–Trinajstić information content (AvgIpc) is 3.14. The summed E-state index contributed by atoms with van der Waals surface area (Å²) in [6.07, 6.45) is 6.03. The molecule has 1 saturated heterocycles. The Kier molecular flexibility index (Phi) is 7.02. The van der Waals surface area contributed by atoms with Crippen molar-refractivity contribution < 1.29 is 9.53 Å². The van der Waals surface area contributed by atoms with E-state index in [0.29, 0.717) is 11.8 Å². The molecular formula is C23H30N4O2S. The molecule has 1 saturated carbocycles. The van der Waals surface area contributed by atoms with Crippen molar-refractivity contribution in [2.45, 2.75) is 49.4 Å². The highest BCUT2D eigenvalue weighted by molar-refractivity contribution is 7.98. The van der Waals surface area contributed by atoms with E-state index in [4.69, 9.17) is 4.74 Å². The summed E-state index contributed by atoms with van der Waals surface area (Å²) in [7, 11) is 1.75. The number of nitrogens with zero attached hydrogens (tertiary/aromatic N) is 3. The predicted octanol–water partition coefficient (Wildman–Crippen LogP) is 3.13. The highest BCUT2D eigenvalue weighted by atomic mass is 32.2. The standard InChI is InChI=1S/C23H30N4O2S/c1-16(28)26-21-8-19-13-27(14-20(19)9-22(21)29-2)12-18-10-24-23(25-11-18)30-15-17-6-4-3-5-7-17/h3-7,10-11,19-22H,8-9,12-15H2,1-2H3,(H,26,28)/t19-,20+,21-,22-/m1/s1. The van der Waals surface area contributed by atoms with E-state index in [0.717, 1.165) is 48.9 Å². The van der Waals surface area contributed by atoms with Gasteiger partial charge in [0.15, 0.2) is 5.16 Å². The minimum atomic E-state index is 0.0257. The van der Waals surface area contributed by atoms with Crippen molar-refractivity contribution in [2.24, 2.45) is 11.8 Å². The molecule has 2 heterocycles. The summed E-state index contributed by atoms with van der Waals surface area (Å²) in [5.74, 6) is 2.14. The summed E-state index contributed by atoms with van der Waals surface area (Å²) in [5.41, 5.74) is 2.43. The fourth-order valence-electron chi connectivity index (χ4n) is 4.79. The van der Waals surface area contributed by atoms with Crippen molar-refractivity contribution in [1.82, 2.24) is 20.2 Å². The zero-order valence-electron chi connectivity index (χ0n) is 17.7. The minimum Gasteiger partial charge on any atom is -0.379 e. The number of thioether (sulfide) groups is 1. The molecule has 1 N–H and O–H groups in total. The smallest absolute Gasteiger partial charge is 0.217 e. The molecular weight excluding hydrogens is 396 g/mol. The molecule has 6 nitrogen and oxygen atoms in total. The molecule has 0 unspecified atom stereocenters. The van der Waals surface area contributed by atoms with Crippen molar-refractivity contribution >= 4 is 17.7 Å². The Balaban J connectivity index is 1.29. The molecule has 7 heteroatoms. The maximum atomic E-state index is 11.5. The Bertz CT molecular complexity index is 833. The van der Waals surface area contributed by atoms with Crippen LogP contribution in [-0.4, -0.2) is 53.1 Å².